The maximum Gasteiger partial charge on any atom is 0.274 e. The normalized spacial score (nSPS) is 23.5. The van der Waals surface area contributed by atoms with E-state index < -0.39 is 0 Å². The van der Waals surface area contributed by atoms with Crippen molar-refractivity contribution < 1.29 is 9.59 Å². The summed E-state index contributed by atoms with van der Waals surface area (Å²) in [6.45, 7) is 5.80. The van der Waals surface area contributed by atoms with E-state index in [9.17, 15) is 14.4 Å². The van der Waals surface area contributed by atoms with Crippen LogP contribution in [0.1, 0.15) is 48.3 Å². The summed E-state index contributed by atoms with van der Waals surface area (Å²) in [5, 5.41) is 3.01. The lowest BCUT2D eigenvalue weighted by Crippen LogP contribution is -2.53. The molecule has 2 amide bonds. The van der Waals surface area contributed by atoms with Gasteiger partial charge in [-0.1, -0.05) is 6.07 Å². The molecule has 3 aliphatic rings. The van der Waals surface area contributed by atoms with Gasteiger partial charge in [0, 0.05) is 69.6 Å². The Morgan fingerprint density at radius 2 is 1.88 bits per heavy atom. The van der Waals surface area contributed by atoms with E-state index in [1.807, 2.05) is 9.47 Å². The molecule has 2 atom stereocenters. The lowest BCUT2D eigenvalue weighted by atomic mass is 9.81. The van der Waals surface area contributed by atoms with Gasteiger partial charge in [-0.15, -0.1) is 0 Å². The summed E-state index contributed by atoms with van der Waals surface area (Å²) in [5.74, 6) is 0.506. The van der Waals surface area contributed by atoms with Crippen molar-refractivity contribution in [1.29, 1.82) is 0 Å². The third kappa shape index (κ3) is 3.95. The number of rotatable bonds is 3. The molecular weight excluding hydrogens is 406 g/mol. The van der Waals surface area contributed by atoms with E-state index in [1.165, 1.54) is 0 Å². The van der Waals surface area contributed by atoms with Crippen LogP contribution in [0.15, 0.2) is 41.3 Å². The predicted octanol–water partition coefficient (Wildman–Crippen LogP) is 1.93. The Morgan fingerprint density at radius 1 is 1.06 bits per heavy atom. The average Bonchev–Trinajstić information content (AvgIpc) is 2.81. The van der Waals surface area contributed by atoms with E-state index >= 15 is 0 Å². The van der Waals surface area contributed by atoms with E-state index in [-0.39, 0.29) is 23.3 Å². The van der Waals surface area contributed by atoms with E-state index in [0.29, 0.717) is 29.9 Å². The maximum absolute atomic E-state index is 12.8. The molecule has 0 unspecified atom stereocenters. The second kappa shape index (κ2) is 8.50. The van der Waals surface area contributed by atoms with Gasteiger partial charge < -0.3 is 14.8 Å². The highest BCUT2D eigenvalue weighted by atomic mass is 16.2. The van der Waals surface area contributed by atoms with Gasteiger partial charge in [0.05, 0.1) is 5.69 Å². The first-order valence-electron chi connectivity index (χ1n) is 11.5. The number of carbonyl (C=O) groups is 2. The number of aromatic nitrogens is 2. The number of nitrogens with zero attached hydrogens (tertiary/aromatic N) is 4. The number of piperidine rings is 2. The lowest BCUT2D eigenvalue weighted by Gasteiger charge is -2.47. The van der Waals surface area contributed by atoms with Crippen molar-refractivity contribution in [3.05, 3.63) is 58.3 Å². The smallest absolute Gasteiger partial charge is 0.274 e. The predicted molar refractivity (Wildman–Crippen MR) is 121 cm³/mol. The topological polar surface area (TPSA) is 87.5 Å². The van der Waals surface area contributed by atoms with Crippen LogP contribution in [0.25, 0.3) is 0 Å². The fraction of sp³-hybridized carbons (Fsp3) is 0.500. The molecule has 0 radical (unpaired) electrons. The molecule has 0 aromatic carbocycles. The summed E-state index contributed by atoms with van der Waals surface area (Å²) in [5.41, 5.74) is 1.99. The van der Waals surface area contributed by atoms with Gasteiger partial charge in [0.25, 0.3) is 11.5 Å². The van der Waals surface area contributed by atoms with Gasteiger partial charge in [0.2, 0.25) is 5.91 Å². The Labute approximate surface area is 187 Å². The van der Waals surface area contributed by atoms with Crippen LogP contribution in [-0.2, 0) is 11.3 Å². The Bertz CT molecular complexity index is 1070. The molecule has 2 aromatic rings. The highest BCUT2D eigenvalue weighted by Crippen LogP contribution is 2.40. The fourth-order valence-corrected chi connectivity index (χ4v) is 5.69. The van der Waals surface area contributed by atoms with Crippen LogP contribution in [0, 0.1) is 5.92 Å². The van der Waals surface area contributed by atoms with Crippen LogP contribution in [0.4, 0.5) is 5.69 Å². The zero-order valence-corrected chi connectivity index (χ0v) is 18.4. The summed E-state index contributed by atoms with van der Waals surface area (Å²) in [4.78, 5) is 45.7. The highest BCUT2D eigenvalue weighted by Gasteiger charge is 2.39. The molecule has 0 saturated carbocycles. The van der Waals surface area contributed by atoms with Crippen LogP contribution >= 0.6 is 0 Å². The monoisotopic (exact) mass is 435 g/mol. The van der Waals surface area contributed by atoms with Gasteiger partial charge in [-0.2, -0.15) is 0 Å². The summed E-state index contributed by atoms with van der Waals surface area (Å²) in [7, 11) is 0. The van der Waals surface area contributed by atoms with Crippen molar-refractivity contribution >= 4 is 17.5 Å². The van der Waals surface area contributed by atoms with Crippen molar-refractivity contribution in [2.75, 3.05) is 31.5 Å². The van der Waals surface area contributed by atoms with Crippen LogP contribution in [-0.4, -0.2) is 63.4 Å². The minimum atomic E-state index is -0.265. The van der Waals surface area contributed by atoms with Gasteiger partial charge in [-0.3, -0.25) is 24.3 Å². The summed E-state index contributed by atoms with van der Waals surface area (Å²) >= 11 is 0. The van der Waals surface area contributed by atoms with E-state index in [2.05, 4.69) is 15.2 Å². The van der Waals surface area contributed by atoms with E-state index in [0.717, 1.165) is 51.1 Å². The number of likely N-dealkylation sites (tertiary alicyclic amines) is 2. The van der Waals surface area contributed by atoms with Gasteiger partial charge in [-0.25, -0.2) is 0 Å². The average molecular weight is 436 g/mol. The van der Waals surface area contributed by atoms with Crippen LogP contribution in [0.2, 0.25) is 0 Å². The fourth-order valence-electron chi connectivity index (χ4n) is 5.69. The Kier molecular flexibility index (Phi) is 5.55. The van der Waals surface area contributed by atoms with Crippen LogP contribution < -0.4 is 10.9 Å². The minimum Gasteiger partial charge on any atom is -0.343 e. The summed E-state index contributed by atoms with van der Waals surface area (Å²) in [6.07, 6.45) is 4.60. The first-order valence-corrected chi connectivity index (χ1v) is 11.5. The van der Waals surface area contributed by atoms with E-state index in [4.69, 9.17) is 0 Å². The number of hydrogen-bond donors (Lipinski definition) is 1. The first kappa shape index (κ1) is 20.9. The molecule has 2 fully saturated rings. The largest absolute Gasteiger partial charge is 0.343 e. The van der Waals surface area contributed by atoms with Crippen molar-refractivity contribution in [3.8, 4) is 0 Å². The van der Waals surface area contributed by atoms with Crippen molar-refractivity contribution in [2.45, 2.75) is 44.7 Å². The molecule has 2 bridgehead atoms. The zero-order valence-electron chi connectivity index (χ0n) is 18.4. The lowest BCUT2D eigenvalue weighted by molar-refractivity contribution is -0.130. The van der Waals surface area contributed by atoms with Crippen LogP contribution in [0.3, 0.4) is 0 Å². The molecule has 2 saturated heterocycles. The molecule has 3 aliphatic heterocycles. The number of hydrogen-bond acceptors (Lipinski definition) is 5. The molecule has 5 rings (SSSR count). The number of anilines is 1. The molecule has 1 N–H and O–H groups in total. The second-order valence-electron chi connectivity index (χ2n) is 9.24. The summed E-state index contributed by atoms with van der Waals surface area (Å²) < 4.78 is 1.86. The molecule has 0 aliphatic carbocycles. The minimum absolute atomic E-state index is 0.00579. The third-order valence-electron chi connectivity index (χ3n) is 7.19. The molecule has 2 aromatic heterocycles. The van der Waals surface area contributed by atoms with Gasteiger partial charge >= 0.3 is 0 Å². The highest BCUT2D eigenvalue weighted by molar-refractivity contribution is 6.03. The quantitative estimate of drug-likeness (QED) is 0.796. The van der Waals surface area contributed by atoms with Crippen molar-refractivity contribution in [3.63, 3.8) is 0 Å². The molecule has 8 nitrogen and oxygen atoms in total. The van der Waals surface area contributed by atoms with Gasteiger partial charge in [0.15, 0.2) is 0 Å². The molecule has 0 spiro atoms. The number of nitrogens with one attached hydrogen (secondary N) is 1. The molecule has 32 heavy (non-hydrogen) atoms. The Balaban J connectivity index is 1.38. The molecule has 168 valence electrons. The first-order chi connectivity index (χ1) is 15.5. The van der Waals surface area contributed by atoms with Gasteiger partial charge in [0.1, 0.15) is 5.69 Å². The number of amides is 2. The van der Waals surface area contributed by atoms with Crippen LogP contribution in [0.5, 0.6) is 0 Å². The Hall–Kier alpha value is -3.00. The van der Waals surface area contributed by atoms with Crippen molar-refractivity contribution in [1.82, 2.24) is 19.4 Å². The summed E-state index contributed by atoms with van der Waals surface area (Å²) in [6, 6.07) is 8.99. The zero-order chi connectivity index (χ0) is 22.2. The third-order valence-corrected chi connectivity index (χ3v) is 7.19. The second-order valence-corrected chi connectivity index (χ2v) is 9.24. The number of carbonyl (C=O) groups excluding carboxylic acids is 2. The molecular formula is C24H29N5O3. The number of fused-ring (bicyclic) bond motifs is 4. The van der Waals surface area contributed by atoms with E-state index in [1.54, 1.807) is 43.5 Å². The molecule has 8 heteroatoms. The van der Waals surface area contributed by atoms with Gasteiger partial charge in [-0.05, 0) is 43.4 Å². The SMILES string of the molecule is CC(=O)N1CCC(N2C[C@@H]3C[C@H](C2)c2c(NC(=O)c4ccccn4)ccc(=O)n2C3)CC1. The van der Waals surface area contributed by atoms with Crippen molar-refractivity contribution in [2.24, 2.45) is 5.92 Å². The maximum atomic E-state index is 12.8. The molecule has 5 heterocycles. The standard InChI is InChI=1S/C24H29N5O3/c1-16(30)27-10-7-19(8-11-27)28-13-17-12-18(15-28)23-20(5-6-22(31)29(23)14-17)26-24(32)21-4-2-3-9-25-21/h2-6,9,17-19H,7-8,10-15H2,1H3,(H,26,32)/t17-,18+/m0/s1. The Morgan fingerprint density at radius 3 is 2.59 bits per heavy atom. The number of pyridine rings is 2.